The fourth-order valence-corrected chi connectivity index (χ4v) is 3.06. The van der Waals surface area contributed by atoms with Gasteiger partial charge in [-0.2, -0.15) is 5.26 Å². The molecule has 2 rings (SSSR count). The molecule has 2 N–H and O–H groups in total. The molecule has 1 aliphatic rings. The molecule has 1 fully saturated rings. The number of methoxy groups -OCH3 is 1. The molecular formula is C17H20ClN3O4. The number of likely N-dealkylation sites (tertiary alicyclic amines) is 1. The van der Waals surface area contributed by atoms with Crippen LogP contribution >= 0.6 is 11.6 Å². The zero-order valence-electron chi connectivity index (χ0n) is 13.9. The zero-order valence-corrected chi connectivity index (χ0v) is 14.7. The van der Waals surface area contributed by atoms with E-state index >= 15 is 0 Å². The van der Waals surface area contributed by atoms with Crippen LogP contribution in [0.25, 0.3) is 0 Å². The second-order valence-corrected chi connectivity index (χ2v) is 6.26. The number of carbonyl (C=O) groups excluding carboxylic acids is 1. The number of carboxylic acid groups (broad SMARTS) is 1. The molecule has 1 aromatic rings. The average molecular weight is 366 g/mol. The van der Waals surface area contributed by atoms with E-state index in [1.807, 2.05) is 0 Å². The van der Waals surface area contributed by atoms with Crippen molar-refractivity contribution in [2.24, 2.45) is 5.92 Å². The van der Waals surface area contributed by atoms with Crippen molar-refractivity contribution in [2.45, 2.75) is 19.3 Å². The molecule has 0 bridgehead atoms. The molecule has 134 valence electrons. The van der Waals surface area contributed by atoms with E-state index in [4.69, 9.17) is 26.7 Å². The van der Waals surface area contributed by atoms with Crippen molar-refractivity contribution < 1.29 is 19.4 Å². The Morgan fingerprint density at radius 1 is 1.44 bits per heavy atom. The molecule has 0 unspecified atom stereocenters. The SMILES string of the molecule is COc1cc(NC(=O)C2CCN(CCC#N)CC2)c(Cl)cc1C(=O)O. The smallest absolute Gasteiger partial charge is 0.339 e. The number of piperidine rings is 1. The third kappa shape index (κ3) is 4.84. The largest absolute Gasteiger partial charge is 0.496 e. The van der Waals surface area contributed by atoms with Crippen molar-refractivity contribution in [1.29, 1.82) is 5.26 Å². The molecule has 7 nitrogen and oxygen atoms in total. The number of nitriles is 1. The molecule has 0 spiro atoms. The normalized spacial score (nSPS) is 15.4. The lowest BCUT2D eigenvalue weighted by atomic mass is 9.95. The maximum atomic E-state index is 12.5. The van der Waals surface area contributed by atoms with Gasteiger partial charge in [-0.1, -0.05) is 11.6 Å². The summed E-state index contributed by atoms with van der Waals surface area (Å²) in [6, 6.07) is 4.81. The molecule has 25 heavy (non-hydrogen) atoms. The summed E-state index contributed by atoms with van der Waals surface area (Å²) in [5.41, 5.74) is 0.275. The van der Waals surface area contributed by atoms with E-state index in [1.165, 1.54) is 19.2 Å². The summed E-state index contributed by atoms with van der Waals surface area (Å²) >= 11 is 6.09. The summed E-state index contributed by atoms with van der Waals surface area (Å²) in [7, 11) is 1.36. The lowest BCUT2D eigenvalue weighted by Gasteiger charge is -2.30. The molecule has 0 radical (unpaired) electrons. The quantitative estimate of drug-likeness (QED) is 0.803. The number of anilines is 1. The first-order valence-corrected chi connectivity index (χ1v) is 8.35. The number of nitrogens with one attached hydrogen (secondary N) is 1. The van der Waals surface area contributed by atoms with Gasteiger partial charge in [-0.25, -0.2) is 4.79 Å². The number of hydrogen-bond donors (Lipinski definition) is 2. The monoisotopic (exact) mass is 365 g/mol. The van der Waals surface area contributed by atoms with E-state index in [0.717, 1.165) is 19.6 Å². The molecule has 1 saturated heterocycles. The number of benzene rings is 1. The van der Waals surface area contributed by atoms with Crippen LogP contribution in [0.4, 0.5) is 5.69 Å². The summed E-state index contributed by atoms with van der Waals surface area (Å²) in [4.78, 5) is 25.8. The minimum absolute atomic E-state index is 0.0590. The van der Waals surface area contributed by atoms with E-state index in [0.29, 0.717) is 24.9 Å². The summed E-state index contributed by atoms with van der Waals surface area (Å²) in [5.74, 6) is -1.30. The molecule has 0 aromatic heterocycles. The highest BCUT2D eigenvalue weighted by Gasteiger charge is 2.26. The molecule has 0 atom stereocenters. The van der Waals surface area contributed by atoms with Gasteiger partial charge in [0.15, 0.2) is 0 Å². The molecular weight excluding hydrogens is 346 g/mol. The van der Waals surface area contributed by atoms with Gasteiger partial charge in [-0.05, 0) is 32.0 Å². The van der Waals surface area contributed by atoms with Crippen LogP contribution in [-0.2, 0) is 4.79 Å². The maximum absolute atomic E-state index is 12.5. The lowest BCUT2D eigenvalue weighted by Crippen LogP contribution is -2.38. The van der Waals surface area contributed by atoms with Crippen molar-refractivity contribution in [3.8, 4) is 11.8 Å². The predicted molar refractivity (Wildman–Crippen MR) is 93.0 cm³/mol. The van der Waals surface area contributed by atoms with Gasteiger partial charge in [-0.3, -0.25) is 4.79 Å². The molecule has 0 saturated carbocycles. The Morgan fingerprint density at radius 2 is 2.12 bits per heavy atom. The van der Waals surface area contributed by atoms with Gasteiger partial charge in [0.25, 0.3) is 0 Å². The number of hydrogen-bond acceptors (Lipinski definition) is 5. The third-order valence-corrected chi connectivity index (χ3v) is 4.59. The van der Waals surface area contributed by atoms with Crippen LogP contribution in [0, 0.1) is 17.2 Å². The topological polar surface area (TPSA) is 103 Å². The summed E-state index contributed by atoms with van der Waals surface area (Å²) in [5, 5.41) is 20.7. The Balaban J connectivity index is 2.02. The van der Waals surface area contributed by atoms with Gasteiger partial charge in [0, 0.05) is 24.9 Å². The summed E-state index contributed by atoms with van der Waals surface area (Å²) in [6.45, 7) is 2.27. The highest BCUT2D eigenvalue weighted by Crippen LogP contribution is 2.32. The van der Waals surface area contributed by atoms with E-state index in [9.17, 15) is 9.59 Å². The van der Waals surface area contributed by atoms with E-state index in [2.05, 4.69) is 16.3 Å². The average Bonchev–Trinajstić information content (AvgIpc) is 2.61. The molecule has 1 aliphatic heterocycles. The number of amides is 1. The van der Waals surface area contributed by atoms with Crippen molar-refractivity contribution in [2.75, 3.05) is 32.1 Å². The summed E-state index contributed by atoms with van der Waals surface area (Å²) in [6.07, 6.45) is 1.90. The minimum Gasteiger partial charge on any atom is -0.496 e. The molecule has 1 amide bonds. The van der Waals surface area contributed by atoms with Crippen LogP contribution in [0.15, 0.2) is 12.1 Å². The number of nitrogens with zero attached hydrogens (tertiary/aromatic N) is 2. The lowest BCUT2D eigenvalue weighted by molar-refractivity contribution is -0.121. The van der Waals surface area contributed by atoms with Crippen LogP contribution in [0.3, 0.4) is 0 Å². The first-order valence-electron chi connectivity index (χ1n) is 7.97. The van der Waals surface area contributed by atoms with E-state index in [1.54, 1.807) is 0 Å². The number of carboxylic acids is 1. The van der Waals surface area contributed by atoms with Crippen molar-refractivity contribution in [3.63, 3.8) is 0 Å². The van der Waals surface area contributed by atoms with Crippen molar-refractivity contribution in [3.05, 3.63) is 22.7 Å². The van der Waals surface area contributed by atoms with Crippen LogP contribution in [0.1, 0.15) is 29.6 Å². The van der Waals surface area contributed by atoms with E-state index < -0.39 is 5.97 Å². The molecule has 1 heterocycles. The second-order valence-electron chi connectivity index (χ2n) is 5.85. The Bertz CT molecular complexity index is 694. The second kappa shape index (κ2) is 8.70. The van der Waals surface area contributed by atoms with Crippen LogP contribution in [-0.4, -0.2) is 48.6 Å². The van der Waals surface area contributed by atoms with Crippen molar-refractivity contribution in [1.82, 2.24) is 4.90 Å². The summed E-state index contributed by atoms with van der Waals surface area (Å²) < 4.78 is 5.06. The fourth-order valence-electron chi connectivity index (χ4n) is 2.85. The van der Waals surface area contributed by atoms with Crippen LogP contribution < -0.4 is 10.1 Å². The highest BCUT2D eigenvalue weighted by atomic mass is 35.5. The Labute approximate surface area is 151 Å². The number of ether oxygens (including phenoxy) is 1. The van der Waals surface area contributed by atoms with Crippen molar-refractivity contribution >= 4 is 29.2 Å². The molecule has 1 aromatic carbocycles. The van der Waals surface area contributed by atoms with Gasteiger partial charge >= 0.3 is 5.97 Å². The van der Waals surface area contributed by atoms with Gasteiger partial charge in [-0.15, -0.1) is 0 Å². The van der Waals surface area contributed by atoms with Crippen LogP contribution in [0.2, 0.25) is 5.02 Å². The van der Waals surface area contributed by atoms with Gasteiger partial charge in [0.1, 0.15) is 11.3 Å². The number of aromatic carboxylic acids is 1. The van der Waals surface area contributed by atoms with Gasteiger partial charge in [0.05, 0.1) is 23.9 Å². The first-order chi connectivity index (χ1) is 12.0. The molecule has 0 aliphatic carbocycles. The molecule has 8 heteroatoms. The first kappa shape index (κ1) is 19.0. The van der Waals surface area contributed by atoms with Crippen LogP contribution in [0.5, 0.6) is 5.75 Å². The minimum atomic E-state index is -1.15. The predicted octanol–water partition coefficient (Wildman–Crippen LogP) is 2.61. The third-order valence-electron chi connectivity index (χ3n) is 4.28. The highest BCUT2D eigenvalue weighted by molar-refractivity contribution is 6.34. The maximum Gasteiger partial charge on any atom is 0.339 e. The fraction of sp³-hybridized carbons (Fsp3) is 0.471. The van der Waals surface area contributed by atoms with E-state index in [-0.39, 0.29) is 28.2 Å². The van der Waals surface area contributed by atoms with Gasteiger partial charge in [0.2, 0.25) is 5.91 Å². The van der Waals surface area contributed by atoms with Gasteiger partial charge < -0.3 is 20.1 Å². The Hall–Kier alpha value is -2.30. The standard InChI is InChI=1S/C17H20ClN3O4/c1-25-15-10-14(13(18)9-12(15)17(23)24)20-16(22)11-3-7-21(8-4-11)6-2-5-19/h9-11H,2-4,6-8H2,1H3,(H,20,22)(H,23,24). The number of halogens is 1. The number of rotatable bonds is 6. The Kier molecular flexibility index (Phi) is 6.62. The number of carbonyl (C=O) groups is 2. The zero-order chi connectivity index (χ0) is 18.4. The Morgan fingerprint density at radius 3 is 2.68 bits per heavy atom.